The molecular formula is C48H87O13P. The van der Waals surface area contributed by atoms with Gasteiger partial charge in [-0.2, -0.15) is 0 Å². The van der Waals surface area contributed by atoms with Crippen LogP contribution >= 0.6 is 7.82 Å². The zero-order chi connectivity index (χ0) is 45.7. The number of phosphoric ester groups is 1. The van der Waals surface area contributed by atoms with E-state index in [-0.39, 0.29) is 12.8 Å². The summed E-state index contributed by atoms with van der Waals surface area (Å²) in [6, 6.07) is 0. The summed E-state index contributed by atoms with van der Waals surface area (Å²) < 4.78 is 33.5. The molecule has 1 rings (SSSR count). The van der Waals surface area contributed by atoms with E-state index >= 15 is 0 Å². The number of rotatable bonds is 40. The molecule has 0 aromatic heterocycles. The number of hydrogen-bond acceptors (Lipinski definition) is 12. The molecule has 6 unspecified atom stereocenters. The van der Waals surface area contributed by atoms with Crippen LogP contribution < -0.4 is 0 Å². The van der Waals surface area contributed by atoms with Gasteiger partial charge in [0.2, 0.25) is 0 Å². The molecule has 0 radical (unpaired) electrons. The lowest BCUT2D eigenvalue weighted by molar-refractivity contribution is -0.220. The average Bonchev–Trinajstić information content (AvgIpc) is 3.25. The number of aliphatic hydroxyl groups excluding tert-OH is 5. The van der Waals surface area contributed by atoms with E-state index in [0.717, 1.165) is 70.6 Å². The van der Waals surface area contributed by atoms with Crippen LogP contribution in [0.15, 0.2) is 36.5 Å². The van der Waals surface area contributed by atoms with Gasteiger partial charge in [-0.05, 0) is 64.2 Å². The van der Waals surface area contributed by atoms with Gasteiger partial charge in [-0.3, -0.25) is 18.6 Å². The number of unbranched alkanes of at least 4 members (excludes halogenated alkanes) is 22. The SMILES string of the molecule is CCCC/C=C\C/C=C\CCCCCCCC(=O)OC(COC(=O)CCCCCCCCCCC/C=C\CCCCCCCC)COP(=O)(O)OC1C(O)C(O)C(O)C(O)C1O. The Morgan fingerprint density at radius 1 is 0.500 bits per heavy atom. The molecule has 0 bridgehead atoms. The van der Waals surface area contributed by atoms with E-state index in [4.69, 9.17) is 18.5 Å². The van der Waals surface area contributed by atoms with Crippen molar-refractivity contribution in [3.8, 4) is 0 Å². The number of allylic oxidation sites excluding steroid dienone is 6. The molecule has 0 heterocycles. The molecule has 0 aliphatic heterocycles. The number of hydrogen-bond donors (Lipinski definition) is 6. The number of carbonyl (C=O) groups excluding carboxylic acids is 2. The minimum absolute atomic E-state index is 0.0806. The summed E-state index contributed by atoms with van der Waals surface area (Å²) >= 11 is 0. The van der Waals surface area contributed by atoms with Gasteiger partial charge in [0.25, 0.3) is 0 Å². The molecule has 13 nitrogen and oxygen atoms in total. The highest BCUT2D eigenvalue weighted by Gasteiger charge is 2.51. The number of carbonyl (C=O) groups is 2. The third kappa shape index (κ3) is 30.3. The van der Waals surface area contributed by atoms with E-state index in [1.165, 1.54) is 89.9 Å². The second-order valence-electron chi connectivity index (χ2n) is 17.0. The molecule has 1 aliphatic carbocycles. The fourth-order valence-corrected chi connectivity index (χ4v) is 8.21. The van der Waals surface area contributed by atoms with Crippen LogP contribution in [-0.2, 0) is 32.7 Å². The van der Waals surface area contributed by atoms with Crippen molar-refractivity contribution in [1.29, 1.82) is 0 Å². The number of esters is 2. The number of phosphoric acid groups is 1. The van der Waals surface area contributed by atoms with Gasteiger partial charge in [0.15, 0.2) is 6.10 Å². The van der Waals surface area contributed by atoms with Crippen LogP contribution in [-0.4, -0.2) is 98.3 Å². The molecule has 0 aromatic carbocycles. The number of aliphatic hydroxyl groups is 5. The Hall–Kier alpha value is -1.93. The summed E-state index contributed by atoms with van der Waals surface area (Å²) in [5, 5.41) is 50.2. The lowest BCUT2D eigenvalue weighted by Gasteiger charge is -2.41. The fraction of sp³-hybridized carbons (Fsp3) is 0.833. The highest BCUT2D eigenvalue weighted by atomic mass is 31.2. The van der Waals surface area contributed by atoms with Crippen molar-refractivity contribution in [2.24, 2.45) is 0 Å². The first-order valence-corrected chi connectivity index (χ1v) is 25.8. The molecule has 362 valence electrons. The summed E-state index contributed by atoms with van der Waals surface area (Å²) in [5.74, 6) is -1.11. The third-order valence-electron chi connectivity index (χ3n) is 11.2. The van der Waals surface area contributed by atoms with Gasteiger partial charge in [-0.15, -0.1) is 0 Å². The van der Waals surface area contributed by atoms with Crippen molar-refractivity contribution >= 4 is 19.8 Å². The predicted molar refractivity (Wildman–Crippen MR) is 244 cm³/mol. The van der Waals surface area contributed by atoms with Gasteiger partial charge in [0.1, 0.15) is 43.2 Å². The van der Waals surface area contributed by atoms with Crippen LogP contribution in [0, 0.1) is 0 Å². The summed E-state index contributed by atoms with van der Waals surface area (Å²) in [7, 11) is -5.12. The van der Waals surface area contributed by atoms with Gasteiger partial charge < -0.3 is 39.9 Å². The monoisotopic (exact) mass is 903 g/mol. The predicted octanol–water partition coefficient (Wildman–Crippen LogP) is 9.78. The van der Waals surface area contributed by atoms with Crippen molar-refractivity contribution < 1.29 is 63.1 Å². The first-order valence-electron chi connectivity index (χ1n) is 24.3. The highest BCUT2D eigenvalue weighted by Crippen LogP contribution is 2.47. The van der Waals surface area contributed by atoms with Crippen LogP contribution in [0.5, 0.6) is 0 Å². The van der Waals surface area contributed by atoms with Crippen molar-refractivity contribution in [1.82, 2.24) is 0 Å². The van der Waals surface area contributed by atoms with Gasteiger partial charge in [-0.25, -0.2) is 4.57 Å². The molecule has 1 saturated carbocycles. The topological polar surface area (TPSA) is 210 Å². The van der Waals surface area contributed by atoms with Gasteiger partial charge in [-0.1, -0.05) is 159 Å². The molecule has 0 saturated heterocycles. The zero-order valence-corrected chi connectivity index (χ0v) is 39.3. The second-order valence-corrected chi connectivity index (χ2v) is 18.4. The first kappa shape index (κ1) is 58.1. The minimum Gasteiger partial charge on any atom is -0.462 e. The molecule has 1 aliphatic rings. The Balaban J connectivity index is 2.42. The van der Waals surface area contributed by atoms with E-state index in [0.29, 0.717) is 12.8 Å². The molecule has 0 spiro atoms. The first-order chi connectivity index (χ1) is 29.9. The summed E-state index contributed by atoms with van der Waals surface area (Å²) in [6.07, 6.45) is 30.5. The number of ether oxygens (including phenoxy) is 2. The van der Waals surface area contributed by atoms with E-state index in [2.05, 4.69) is 50.3 Å². The Labute approximate surface area is 374 Å². The van der Waals surface area contributed by atoms with Crippen LogP contribution in [0.4, 0.5) is 0 Å². The van der Waals surface area contributed by atoms with Gasteiger partial charge >= 0.3 is 19.8 Å². The molecule has 6 atom stereocenters. The molecular weight excluding hydrogens is 815 g/mol. The normalized spacial score (nSPS) is 22.1. The second kappa shape index (κ2) is 38.3. The zero-order valence-electron chi connectivity index (χ0n) is 38.4. The fourth-order valence-electron chi connectivity index (χ4n) is 7.24. The highest BCUT2D eigenvalue weighted by molar-refractivity contribution is 7.47. The van der Waals surface area contributed by atoms with Crippen molar-refractivity contribution in [2.45, 2.75) is 243 Å². The summed E-state index contributed by atoms with van der Waals surface area (Å²) in [5.41, 5.74) is 0. The van der Waals surface area contributed by atoms with Crippen LogP contribution in [0.3, 0.4) is 0 Å². The van der Waals surface area contributed by atoms with Crippen molar-refractivity contribution in [3.63, 3.8) is 0 Å². The van der Waals surface area contributed by atoms with Crippen LogP contribution in [0.1, 0.15) is 200 Å². The smallest absolute Gasteiger partial charge is 0.462 e. The molecule has 62 heavy (non-hydrogen) atoms. The average molecular weight is 903 g/mol. The molecule has 14 heteroatoms. The summed E-state index contributed by atoms with van der Waals surface area (Å²) in [6.45, 7) is 3.25. The maximum absolute atomic E-state index is 12.8. The Kier molecular flexibility index (Phi) is 35.9. The van der Waals surface area contributed by atoms with Crippen molar-refractivity contribution in [2.75, 3.05) is 13.2 Å². The lowest BCUT2D eigenvalue weighted by atomic mass is 9.85. The lowest BCUT2D eigenvalue weighted by Crippen LogP contribution is -2.64. The largest absolute Gasteiger partial charge is 0.472 e. The Morgan fingerprint density at radius 2 is 0.887 bits per heavy atom. The van der Waals surface area contributed by atoms with E-state index in [9.17, 15) is 44.6 Å². The third-order valence-corrected chi connectivity index (χ3v) is 12.2. The standard InChI is InChI=1S/C48H87O13P/c1-3-5-7-9-11-13-15-17-19-20-21-22-23-25-26-28-30-32-34-36-41(49)58-38-40(39-59-62(56,57)61-48-46(54)44(52)43(51)45(53)47(48)55)60-42(50)37-35-33-31-29-27-24-18-16-14-12-10-8-6-4-2/h10,12,16-19,40,43-48,51-55H,3-9,11,13-15,20-39H2,1-2H3,(H,56,57)/b12-10-,18-16-,19-17-. The summed E-state index contributed by atoms with van der Waals surface area (Å²) in [4.78, 5) is 35.7. The Bertz CT molecular complexity index is 1230. The van der Waals surface area contributed by atoms with Crippen molar-refractivity contribution in [3.05, 3.63) is 36.5 Å². The van der Waals surface area contributed by atoms with Crippen LogP contribution in [0.25, 0.3) is 0 Å². The molecule has 0 aromatic rings. The van der Waals surface area contributed by atoms with E-state index in [1.807, 2.05) is 0 Å². The van der Waals surface area contributed by atoms with Gasteiger partial charge in [0.05, 0.1) is 6.61 Å². The van der Waals surface area contributed by atoms with Gasteiger partial charge in [0, 0.05) is 12.8 Å². The maximum atomic E-state index is 12.8. The van der Waals surface area contributed by atoms with E-state index < -0.39 is 75.7 Å². The molecule has 6 N–H and O–H groups in total. The molecule has 1 fully saturated rings. The Morgan fingerprint density at radius 3 is 1.37 bits per heavy atom. The van der Waals surface area contributed by atoms with E-state index in [1.54, 1.807) is 0 Å². The minimum atomic E-state index is -5.12. The molecule has 0 amide bonds. The maximum Gasteiger partial charge on any atom is 0.472 e. The van der Waals surface area contributed by atoms with Crippen LogP contribution in [0.2, 0.25) is 0 Å². The quantitative estimate of drug-likeness (QED) is 0.0147.